The molecular weight excluding hydrogens is 322 g/mol. The molecule has 0 saturated heterocycles. The molecule has 0 radical (unpaired) electrons. The Morgan fingerprint density at radius 3 is 2.92 bits per heavy atom. The van der Waals surface area contributed by atoms with Gasteiger partial charge in [-0.25, -0.2) is 4.98 Å². The first-order valence-electron chi connectivity index (χ1n) is 7.35. The molecule has 0 aromatic carbocycles. The number of amides is 1. The number of fused-ring (bicyclic) bond motifs is 1. The minimum Gasteiger partial charge on any atom is -0.469 e. The van der Waals surface area contributed by atoms with Gasteiger partial charge in [0.05, 0.1) is 11.8 Å². The number of furan rings is 1. The van der Waals surface area contributed by atoms with Crippen LogP contribution < -0.4 is 5.73 Å². The molecule has 4 rings (SSSR count). The predicted octanol–water partition coefficient (Wildman–Crippen LogP) is 3.64. The topological polar surface area (TPSA) is 82.0 Å². The summed E-state index contributed by atoms with van der Waals surface area (Å²) >= 11 is 1.60. The van der Waals surface area contributed by atoms with Crippen LogP contribution in [0.1, 0.15) is 21.8 Å². The Labute approximate surface area is 141 Å². The predicted molar refractivity (Wildman–Crippen MR) is 92.9 cm³/mol. The van der Waals surface area contributed by atoms with E-state index in [2.05, 4.69) is 9.97 Å². The van der Waals surface area contributed by atoms with Crippen LogP contribution in [0.4, 0.5) is 0 Å². The zero-order valence-corrected chi connectivity index (χ0v) is 13.4. The number of nitrogens with zero attached hydrogens (tertiary/aromatic N) is 2. The molecule has 0 aliphatic carbocycles. The van der Waals surface area contributed by atoms with E-state index in [9.17, 15) is 4.79 Å². The van der Waals surface area contributed by atoms with Crippen LogP contribution in [0.2, 0.25) is 0 Å². The molecule has 6 heteroatoms. The van der Waals surface area contributed by atoms with Crippen molar-refractivity contribution in [2.45, 2.75) is 6.42 Å². The molecule has 4 aromatic rings. The Kier molecular flexibility index (Phi) is 3.59. The standard InChI is InChI=1S/C18H13N3O2S/c19-18(22)17-12(7-14-2-1-4-23-14)6-13-8-20-9-15(16(13)21-17)11-3-5-24-10-11/h1-6,8-10H,7H2,(H2,19,22). The summed E-state index contributed by atoms with van der Waals surface area (Å²) in [5.74, 6) is 0.201. The van der Waals surface area contributed by atoms with E-state index in [1.165, 1.54) is 0 Å². The first kappa shape index (κ1) is 14.6. The average molecular weight is 335 g/mol. The number of carbonyl (C=O) groups excluding carboxylic acids is 1. The van der Waals surface area contributed by atoms with E-state index in [1.54, 1.807) is 30.0 Å². The number of hydrogen-bond donors (Lipinski definition) is 1. The smallest absolute Gasteiger partial charge is 0.267 e. The average Bonchev–Trinajstić information content (AvgIpc) is 3.27. The summed E-state index contributed by atoms with van der Waals surface area (Å²) in [5.41, 5.74) is 9.19. The van der Waals surface area contributed by atoms with Gasteiger partial charge in [0.2, 0.25) is 0 Å². The van der Waals surface area contributed by atoms with Crippen molar-refractivity contribution in [1.29, 1.82) is 0 Å². The van der Waals surface area contributed by atoms with Gasteiger partial charge in [0.15, 0.2) is 0 Å². The maximum absolute atomic E-state index is 11.9. The van der Waals surface area contributed by atoms with Crippen LogP contribution in [0.3, 0.4) is 0 Å². The van der Waals surface area contributed by atoms with E-state index in [4.69, 9.17) is 10.2 Å². The number of hydrogen-bond acceptors (Lipinski definition) is 5. The molecule has 5 nitrogen and oxygen atoms in total. The SMILES string of the molecule is NC(=O)c1nc2c(-c3ccsc3)cncc2cc1Cc1ccco1. The summed E-state index contributed by atoms with van der Waals surface area (Å²) in [7, 11) is 0. The minimum atomic E-state index is -0.550. The minimum absolute atomic E-state index is 0.265. The third-order valence-electron chi connectivity index (χ3n) is 3.81. The Balaban J connectivity index is 1.92. The fourth-order valence-electron chi connectivity index (χ4n) is 2.72. The summed E-state index contributed by atoms with van der Waals surface area (Å²) in [6.45, 7) is 0. The van der Waals surface area contributed by atoms with Gasteiger partial charge in [0, 0.05) is 29.8 Å². The molecule has 0 aliphatic rings. The van der Waals surface area contributed by atoms with Gasteiger partial charge < -0.3 is 10.2 Å². The molecule has 0 unspecified atom stereocenters. The molecule has 0 aliphatic heterocycles. The van der Waals surface area contributed by atoms with Gasteiger partial charge >= 0.3 is 0 Å². The Bertz CT molecular complexity index is 1010. The number of nitrogens with two attached hydrogens (primary N) is 1. The lowest BCUT2D eigenvalue weighted by Crippen LogP contribution is -2.16. The zero-order valence-electron chi connectivity index (χ0n) is 12.6. The van der Waals surface area contributed by atoms with Gasteiger partial charge in [-0.15, -0.1) is 0 Å². The molecule has 0 atom stereocenters. The number of thiophene rings is 1. The number of aromatic nitrogens is 2. The van der Waals surface area contributed by atoms with Crippen molar-refractivity contribution < 1.29 is 9.21 Å². The maximum Gasteiger partial charge on any atom is 0.267 e. The first-order chi connectivity index (χ1) is 11.7. The summed E-state index contributed by atoms with van der Waals surface area (Å²) < 4.78 is 5.37. The van der Waals surface area contributed by atoms with Crippen molar-refractivity contribution in [3.05, 3.63) is 70.7 Å². The van der Waals surface area contributed by atoms with Gasteiger partial charge in [0.25, 0.3) is 5.91 Å². The van der Waals surface area contributed by atoms with Crippen molar-refractivity contribution in [2.24, 2.45) is 5.73 Å². The third-order valence-corrected chi connectivity index (χ3v) is 4.50. The Morgan fingerprint density at radius 2 is 2.21 bits per heavy atom. The lowest BCUT2D eigenvalue weighted by molar-refractivity contribution is 0.0995. The van der Waals surface area contributed by atoms with Gasteiger partial charge in [0.1, 0.15) is 11.5 Å². The molecule has 24 heavy (non-hydrogen) atoms. The van der Waals surface area contributed by atoms with Crippen LogP contribution >= 0.6 is 11.3 Å². The van der Waals surface area contributed by atoms with Crippen molar-refractivity contribution in [3.63, 3.8) is 0 Å². The quantitative estimate of drug-likeness (QED) is 0.617. The highest BCUT2D eigenvalue weighted by molar-refractivity contribution is 7.08. The van der Waals surface area contributed by atoms with E-state index in [0.717, 1.165) is 33.4 Å². The highest BCUT2D eigenvalue weighted by Gasteiger charge is 2.16. The second kappa shape index (κ2) is 5.90. The molecule has 118 valence electrons. The second-order valence-corrected chi connectivity index (χ2v) is 6.17. The highest BCUT2D eigenvalue weighted by Crippen LogP contribution is 2.29. The number of pyridine rings is 2. The number of carbonyl (C=O) groups is 1. The Hall–Kier alpha value is -2.99. The van der Waals surface area contributed by atoms with Crippen LogP contribution in [0, 0.1) is 0 Å². The van der Waals surface area contributed by atoms with Crippen molar-refractivity contribution in [3.8, 4) is 11.1 Å². The maximum atomic E-state index is 11.9. The number of rotatable bonds is 4. The van der Waals surface area contributed by atoms with Gasteiger partial charge in [-0.3, -0.25) is 9.78 Å². The lowest BCUT2D eigenvalue weighted by atomic mass is 10.0. The second-order valence-electron chi connectivity index (χ2n) is 5.39. The Morgan fingerprint density at radius 1 is 1.29 bits per heavy atom. The molecular formula is C18H13N3O2S. The largest absolute Gasteiger partial charge is 0.469 e. The van der Waals surface area contributed by atoms with E-state index in [0.29, 0.717) is 6.42 Å². The summed E-state index contributed by atoms with van der Waals surface area (Å²) in [6.07, 6.45) is 5.56. The van der Waals surface area contributed by atoms with Crippen LogP contribution in [0.5, 0.6) is 0 Å². The highest BCUT2D eigenvalue weighted by atomic mass is 32.1. The van der Waals surface area contributed by atoms with Gasteiger partial charge in [-0.1, -0.05) is 0 Å². The molecule has 1 amide bonds. The van der Waals surface area contributed by atoms with Gasteiger partial charge in [-0.05, 0) is 46.2 Å². The first-order valence-corrected chi connectivity index (χ1v) is 8.29. The van der Waals surface area contributed by atoms with E-state index < -0.39 is 5.91 Å². The molecule has 0 spiro atoms. The zero-order chi connectivity index (χ0) is 16.5. The van der Waals surface area contributed by atoms with Crippen molar-refractivity contribution >= 4 is 28.1 Å². The van der Waals surface area contributed by atoms with Crippen LogP contribution in [0.25, 0.3) is 22.0 Å². The molecule has 2 N–H and O–H groups in total. The van der Waals surface area contributed by atoms with Crippen LogP contribution in [-0.2, 0) is 6.42 Å². The molecule has 4 heterocycles. The van der Waals surface area contributed by atoms with Crippen molar-refractivity contribution in [2.75, 3.05) is 0 Å². The van der Waals surface area contributed by atoms with Crippen molar-refractivity contribution in [1.82, 2.24) is 9.97 Å². The molecule has 4 aromatic heterocycles. The fraction of sp³-hybridized carbons (Fsp3) is 0.0556. The van der Waals surface area contributed by atoms with E-state index in [1.807, 2.05) is 35.0 Å². The van der Waals surface area contributed by atoms with Crippen LogP contribution in [0.15, 0.2) is 58.1 Å². The lowest BCUT2D eigenvalue weighted by Gasteiger charge is -2.09. The van der Waals surface area contributed by atoms with Gasteiger partial charge in [-0.2, -0.15) is 11.3 Å². The fourth-order valence-corrected chi connectivity index (χ4v) is 3.37. The molecule has 0 bridgehead atoms. The number of primary amides is 1. The third kappa shape index (κ3) is 2.57. The summed E-state index contributed by atoms with van der Waals surface area (Å²) in [6, 6.07) is 7.58. The summed E-state index contributed by atoms with van der Waals surface area (Å²) in [5, 5.41) is 4.89. The monoisotopic (exact) mass is 335 g/mol. The summed E-state index contributed by atoms with van der Waals surface area (Å²) in [4.78, 5) is 20.8. The molecule has 0 fully saturated rings. The molecule has 0 saturated carbocycles. The van der Waals surface area contributed by atoms with E-state index in [-0.39, 0.29) is 5.69 Å². The van der Waals surface area contributed by atoms with Crippen LogP contribution in [-0.4, -0.2) is 15.9 Å². The normalized spacial score (nSPS) is 11.0. The van der Waals surface area contributed by atoms with E-state index >= 15 is 0 Å².